The summed E-state index contributed by atoms with van der Waals surface area (Å²) in [6.07, 6.45) is 7.82. The zero-order valence-electron chi connectivity index (χ0n) is 19.8. The average molecular weight is 445 g/mol. The van der Waals surface area contributed by atoms with Gasteiger partial charge in [0.15, 0.2) is 0 Å². The normalized spacial score (nSPS) is 11.2. The Labute approximate surface area is 194 Å². The molecule has 0 spiro atoms. The van der Waals surface area contributed by atoms with Crippen LogP contribution in [0.25, 0.3) is 16.6 Å². The first-order chi connectivity index (χ1) is 15.8. The fraction of sp³-hybridized carbons (Fsp3) is 0.308. The topological polar surface area (TPSA) is 72.9 Å². The molecule has 1 N–H and O–H groups in total. The molecular weight excluding hydrogens is 414 g/mol. The minimum absolute atomic E-state index is 0.00449. The van der Waals surface area contributed by atoms with Crippen LogP contribution in [0.4, 0.5) is 0 Å². The number of benzene rings is 1. The maximum absolute atomic E-state index is 12.0. The van der Waals surface area contributed by atoms with E-state index in [1.807, 2.05) is 76.2 Å². The Hall–Kier alpha value is -3.74. The molecule has 0 aliphatic rings. The van der Waals surface area contributed by atoms with E-state index in [4.69, 9.17) is 9.72 Å². The van der Waals surface area contributed by atoms with Crippen LogP contribution in [0.1, 0.15) is 36.4 Å². The lowest BCUT2D eigenvalue weighted by Gasteiger charge is -2.15. The molecule has 4 aromatic rings. The van der Waals surface area contributed by atoms with Crippen molar-refractivity contribution in [2.24, 2.45) is 13.0 Å². The van der Waals surface area contributed by atoms with Crippen molar-refractivity contribution in [1.29, 1.82) is 0 Å². The quantitative estimate of drug-likeness (QED) is 0.441. The number of carbonyl (C=O) groups is 1. The lowest BCUT2D eigenvalue weighted by Crippen LogP contribution is -2.28. The monoisotopic (exact) mass is 444 g/mol. The van der Waals surface area contributed by atoms with Gasteiger partial charge in [0, 0.05) is 29.4 Å². The molecule has 7 nitrogen and oxygen atoms in total. The van der Waals surface area contributed by atoms with E-state index in [1.165, 1.54) is 0 Å². The molecule has 33 heavy (non-hydrogen) atoms. The molecule has 0 saturated heterocycles. The number of para-hydroxylation sites is 1. The van der Waals surface area contributed by atoms with E-state index in [2.05, 4.69) is 27.0 Å². The van der Waals surface area contributed by atoms with Crippen molar-refractivity contribution in [3.8, 4) is 11.4 Å². The van der Waals surface area contributed by atoms with Crippen molar-refractivity contribution in [2.45, 2.75) is 40.8 Å². The second kappa shape index (κ2) is 9.40. The first kappa shape index (κ1) is 22.5. The van der Waals surface area contributed by atoms with Crippen molar-refractivity contribution >= 4 is 16.8 Å². The van der Waals surface area contributed by atoms with Crippen LogP contribution in [0.15, 0.2) is 55.2 Å². The van der Waals surface area contributed by atoms with Gasteiger partial charge in [-0.1, -0.05) is 19.9 Å². The number of pyridine rings is 2. The van der Waals surface area contributed by atoms with Gasteiger partial charge in [0.2, 0.25) is 12.2 Å². The van der Waals surface area contributed by atoms with Crippen molar-refractivity contribution in [3.05, 3.63) is 77.8 Å². The van der Waals surface area contributed by atoms with Crippen LogP contribution in [0, 0.1) is 19.8 Å². The number of aryl methyl sites for hydroxylation is 3. The van der Waals surface area contributed by atoms with Crippen LogP contribution >= 0.6 is 0 Å². The first-order valence-corrected chi connectivity index (χ1v) is 11.1. The zero-order valence-corrected chi connectivity index (χ0v) is 19.8. The third-order valence-electron chi connectivity index (χ3n) is 5.66. The van der Waals surface area contributed by atoms with Gasteiger partial charge in [0.25, 0.3) is 0 Å². The molecule has 0 unspecified atom stereocenters. The molecule has 0 saturated carbocycles. The highest BCUT2D eigenvalue weighted by Crippen LogP contribution is 2.30. The third kappa shape index (κ3) is 4.87. The number of fused-ring (bicyclic) bond motifs is 1. The number of amides is 1. The maximum Gasteiger partial charge on any atom is 0.248 e. The molecule has 0 radical (unpaired) electrons. The van der Waals surface area contributed by atoms with Gasteiger partial charge < -0.3 is 10.1 Å². The number of imidazole rings is 1. The van der Waals surface area contributed by atoms with E-state index in [9.17, 15) is 4.79 Å². The summed E-state index contributed by atoms with van der Waals surface area (Å²) in [6.45, 7) is 8.49. The average Bonchev–Trinajstić information content (AvgIpc) is 3.22. The van der Waals surface area contributed by atoms with Gasteiger partial charge >= 0.3 is 0 Å². The van der Waals surface area contributed by atoms with E-state index in [0.717, 1.165) is 44.9 Å². The lowest BCUT2D eigenvalue weighted by atomic mass is 10.1. The van der Waals surface area contributed by atoms with E-state index >= 15 is 0 Å². The van der Waals surface area contributed by atoms with Crippen molar-refractivity contribution in [1.82, 2.24) is 19.9 Å². The molecule has 0 fully saturated rings. The standard InChI is InChI=1S/C26H29N5O2/c1-17(2)26(32)28-14-22-21(18(3)9-10-27-22)15-33-24-8-6-7-20-23(13-19(4)29-25(20)24)31-12-11-30(5)16-31/h6-13,16-17H,14-15H2,1-5H3/p+1. The summed E-state index contributed by atoms with van der Waals surface area (Å²) in [6, 6.07) is 10.0. The first-order valence-electron chi connectivity index (χ1n) is 11.1. The summed E-state index contributed by atoms with van der Waals surface area (Å²) >= 11 is 0. The molecule has 0 atom stereocenters. The van der Waals surface area contributed by atoms with Crippen LogP contribution in [0.5, 0.6) is 5.75 Å². The van der Waals surface area contributed by atoms with E-state index in [1.54, 1.807) is 6.20 Å². The Bertz CT molecular complexity index is 1310. The maximum atomic E-state index is 12.0. The van der Waals surface area contributed by atoms with Gasteiger partial charge in [-0.3, -0.25) is 9.78 Å². The summed E-state index contributed by atoms with van der Waals surface area (Å²) in [5.41, 5.74) is 5.65. The van der Waals surface area contributed by atoms with E-state index in [0.29, 0.717) is 13.2 Å². The predicted octanol–water partition coefficient (Wildman–Crippen LogP) is 3.71. The van der Waals surface area contributed by atoms with Crippen molar-refractivity contribution in [2.75, 3.05) is 0 Å². The second-order valence-corrected chi connectivity index (χ2v) is 8.64. The van der Waals surface area contributed by atoms with Gasteiger partial charge in [0.05, 0.1) is 24.7 Å². The Kier molecular flexibility index (Phi) is 6.40. The van der Waals surface area contributed by atoms with Crippen LogP contribution in [0.2, 0.25) is 0 Å². The second-order valence-electron chi connectivity index (χ2n) is 8.64. The molecule has 3 heterocycles. The highest BCUT2D eigenvalue weighted by molar-refractivity contribution is 5.91. The summed E-state index contributed by atoms with van der Waals surface area (Å²) in [7, 11) is 2.00. The smallest absolute Gasteiger partial charge is 0.248 e. The largest absolute Gasteiger partial charge is 0.487 e. The number of carbonyl (C=O) groups excluding carboxylic acids is 1. The summed E-state index contributed by atoms with van der Waals surface area (Å²) in [5.74, 6) is 0.649. The molecule has 1 amide bonds. The predicted molar refractivity (Wildman–Crippen MR) is 127 cm³/mol. The van der Waals surface area contributed by atoms with E-state index in [-0.39, 0.29) is 11.8 Å². The number of aromatic nitrogens is 4. The van der Waals surface area contributed by atoms with Crippen LogP contribution in [-0.4, -0.2) is 20.4 Å². The van der Waals surface area contributed by atoms with Gasteiger partial charge in [-0.2, -0.15) is 0 Å². The van der Waals surface area contributed by atoms with Crippen molar-refractivity contribution in [3.63, 3.8) is 0 Å². The fourth-order valence-electron chi connectivity index (χ4n) is 3.77. The molecule has 4 rings (SSSR count). The zero-order chi connectivity index (χ0) is 23.5. The summed E-state index contributed by atoms with van der Waals surface area (Å²) in [5, 5.41) is 3.97. The van der Waals surface area contributed by atoms with Crippen molar-refractivity contribution < 1.29 is 14.1 Å². The highest BCUT2D eigenvalue weighted by atomic mass is 16.5. The Morgan fingerprint density at radius 3 is 2.79 bits per heavy atom. The molecule has 0 aliphatic carbocycles. The number of rotatable bonds is 7. The SMILES string of the molecule is Cc1cc(-n2cc[n+](C)c2)c2cccc(OCc3c(C)ccnc3CNC(=O)C(C)C)c2n1. The van der Waals surface area contributed by atoms with Crippen LogP contribution in [0.3, 0.4) is 0 Å². The minimum Gasteiger partial charge on any atom is -0.487 e. The Morgan fingerprint density at radius 1 is 1.24 bits per heavy atom. The number of nitrogens with zero attached hydrogens (tertiary/aromatic N) is 4. The highest BCUT2D eigenvalue weighted by Gasteiger charge is 2.16. The molecule has 3 aromatic heterocycles. The van der Waals surface area contributed by atoms with Gasteiger partial charge in [-0.15, -0.1) is 0 Å². The van der Waals surface area contributed by atoms with Gasteiger partial charge in [0.1, 0.15) is 36.0 Å². The van der Waals surface area contributed by atoms with Crippen LogP contribution in [-0.2, 0) is 25.0 Å². The van der Waals surface area contributed by atoms with Gasteiger partial charge in [-0.25, -0.2) is 14.1 Å². The van der Waals surface area contributed by atoms with Crippen LogP contribution < -0.4 is 14.6 Å². The number of hydrogen-bond acceptors (Lipinski definition) is 4. The molecular formula is C26H30N5O2+. The molecule has 1 aromatic carbocycles. The summed E-state index contributed by atoms with van der Waals surface area (Å²) < 4.78 is 10.4. The number of nitrogens with one attached hydrogen (secondary N) is 1. The molecule has 0 bridgehead atoms. The Morgan fingerprint density at radius 2 is 2.06 bits per heavy atom. The Balaban J connectivity index is 1.65. The molecule has 0 aliphatic heterocycles. The molecule has 170 valence electrons. The third-order valence-corrected chi connectivity index (χ3v) is 5.66. The van der Waals surface area contributed by atoms with E-state index < -0.39 is 0 Å². The van der Waals surface area contributed by atoms with Gasteiger partial charge in [-0.05, 0) is 37.6 Å². The number of hydrogen-bond donors (Lipinski definition) is 1. The molecule has 7 heteroatoms. The number of ether oxygens (including phenoxy) is 1. The fourth-order valence-corrected chi connectivity index (χ4v) is 3.77. The summed E-state index contributed by atoms with van der Waals surface area (Å²) in [4.78, 5) is 21.3. The minimum atomic E-state index is -0.0730. The lowest BCUT2D eigenvalue weighted by molar-refractivity contribution is -0.670.